The molecule has 0 bridgehead atoms. The topological polar surface area (TPSA) is 20.3 Å². The first kappa shape index (κ1) is 6.93. The van der Waals surface area contributed by atoms with Gasteiger partial charge in [-0.2, -0.15) is 0 Å². The summed E-state index contributed by atoms with van der Waals surface area (Å²) in [6.45, 7) is 3.02. The summed E-state index contributed by atoms with van der Waals surface area (Å²) in [7, 11) is 1.85. The van der Waals surface area contributed by atoms with Gasteiger partial charge in [-0.25, -0.2) is 0 Å². The van der Waals surface area contributed by atoms with Crippen LogP contribution in [0.1, 0.15) is 13.3 Å². The van der Waals surface area contributed by atoms with Gasteiger partial charge in [-0.3, -0.25) is 4.79 Å². The standard InChI is InChI=1S/C6H11NOS/c1-5-3-4-7(2)6(8)9-5/h5H,3-4H2,1-2H3. The normalized spacial score (nSPS) is 28.9. The number of amides is 1. The molecular weight excluding hydrogens is 134 g/mol. The molecule has 0 aromatic carbocycles. The highest BCUT2D eigenvalue weighted by molar-refractivity contribution is 8.14. The summed E-state index contributed by atoms with van der Waals surface area (Å²) in [6, 6.07) is 0. The second-order valence-corrected chi connectivity index (χ2v) is 3.79. The second kappa shape index (κ2) is 2.60. The molecule has 1 rings (SSSR count). The maximum atomic E-state index is 10.9. The number of hydrogen-bond acceptors (Lipinski definition) is 2. The summed E-state index contributed by atoms with van der Waals surface area (Å²) in [5.74, 6) is 0. The molecule has 1 aliphatic heterocycles. The van der Waals surface area contributed by atoms with E-state index in [4.69, 9.17) is 0 Å². The summed E-state index contributed by atoms with van der Waals surface area (Å²) in [6.07, 6.45) is 1.13. The fourth-order valence-corrected chi connectivity index (χ4v) is 1.63. The largest absolute Gasteiger partial charge is 0.337 e. The highest BCUT2D eigenvalue weighted by Crippen LogP contribution is 2.22. The Kier molecular flexibility index (Phi) is 2.01. The van der Waals surface area contributed by atoms with Gasteiger partial charge < -0.3 is 4.90 Å². The minimum atomic E-state index is 0.216. The minimum Gasteiger partial charge on any atom is -0.337 e. The van der Waals surface area contributed by atoms with Crippen molar-refractivity contribution >= 4 is 17.0 Å². The molecule has 0 aromatic heterocycles. The molecule has 1 saturated heterocycles. The van der Waals surface area contributed by atoms with Crippen LogP contribution in [0.3, 0.4) is 0 Å². The Morgan fingerprint density at radius 1 is 1.78 bits per heavy atom. The van der Waals surface area contributed by atoms with Crippen LogP contribution in [0.15, 0.2) is 0 Å². The Balaban J connectivity index is 2.44. The van der Waals surface area contributed by atoms with Crippen LogP contribution in [0.2, 0.25) is 0 Å². The maximum absolute atomic E-state index is 10.9. The van der Waals surface area contributed by atoms with Gasteiger partial charge in [0.25, 0.3) is 5.24 Å². The van der Waals surface area contributed by atoms with Gasteiger partial charge in [-0.1, -0.05) is 18.7 Å². The van der Waals surface area contributed by atoms with Crippen molar-refractivity contribution in [2.75, 3.05) is 13.6 Å². The third-order valence-electron chi connectivity index (χ3n) is 1.48. The van der Waals surface area contributed by atoms with E-state index in [1.165, 1.54) is 11.8 Å². The van der Waals surface area contributed by atoms with Crippen LogP contribution in [0.5, 0.6) is 0 Å². The van der Waals surface area contributed by atoms with E-state index < -0.39 is 0 Å². The van der Waals surface area contributed by atoms with Crippen LogP contribution in [-0.2, 0) is 0 Å². The summed E-state index contributed by atoms with van der Waals surface area (Å²) in [5, 5.41) is 0.738. The molecule has 1 amide bonds. The third-order valence-corrected chi connectivity index (χ3v) is 2.64. The second-order valence-electron chi connectivity index (χ2n) is 2.40. The van der Waals surface area contributed by atoms with Crippen LogP contribution < -0.4 is 0 Å². The predicted molar refractivity (Wildman–Crippen MR) is 39.7 cm³/mol. The molecule has 9 heavy (non-hydrogen) atoms. The first-order valence-corrected chi connectivity index (χ1v) is 4.00. The summed E-state index contributed by atoms with van der Waals surface area (Å²) in [4.78, 5) is 12.7. The molecule has 0 N–H and O–H groups in total. The average Bonchev–Trinajstić information content (AvgIpc) is 1.80. The van der Waals surface area contributed by atoms with Crippen LogP contribution >= 0.6 is 11.8 Å². The van der Waals surface area contributed by atoms with Crippen molar-refractivity contribution in [1.82, 2.24) is 4.90 Å². The highest BCUT2D eigenvalue weighted by Gasteiger charge is 2.19. The lowest BCUT2D eigenvalue weighted by molar-refractivity contribution is 0.230. The van der Waals surface area contributed by atoms with Crippen LogP contribution in [-0.4, -0.2) is 29.0 Å². The summed E-state index contributed by atoms with van der Waals surface area (Å²) >= 11 is 1.44. The number of nitrogens with zero attached hydrogens (tertiary/aromatic N) is 1. The van der Waals surface area contributed by atoms with Gasteiger partial charge in [-0.15, -0.1) is 0 Å². The fraction of sp³-hybridized carbons (Fsp3) is 0.833. The first-order valence-electron chi connectivity index (χ1n) is 3.12. The highest BCUT2D eigenvalue weighted by atomic mass is 32.2. The molecule has 0 spiro atoms. The zero-order valence-electron chi connectivity index (χ0n) is 5.76. The van der Waals surface area contributed by atoms with Gasteiger partial charge in [0.1, 0.15) is 0 Å². The maximum Gasteiger partial charge on any atom is 0.281 e. The molecule has 0 aliphatic carbocycles. The van der Waals surface area contributed by atoms with Crippen LogP contribution in [0.4, 0.5) is 4.79 Å². The van der Waals surface area contributed by atoms with Gasteiger partial charge >= 0.3 is 0 Å². The fourth-order valence-electron chi connectivity index (χ4n) is 0.788. The quantitative estimate of drug-likeness (QED) is 0.515. The monoisotopic (exact) mass is 145 g/mol. The molecule has 1 aliphatic rings. The first-order chi connectivity index (χ1) is 4.20. The van der Waals surface area contributed by atoms with E-state index in [2.05, 4.69) is 6.92 Å². The van der Waals surface area contributed by atoms with E-state index in [9.17, 15) is 4.79 Å². The lowest BCUT2D eigenvalue weighted by Crippen LogP contribution is -2.31. The molecule has 1 fully saturated rings. The number of rotatable bonds is 0. The Labute approximate surface area is 59.6 Å². The van der Waals surface area contributed by atoms with Gasteiger partial charge in [0, 0.05) is 18.8 Å². The minimum absolute atomic E-state index is 0.216. The zero-order valence-corrected chi connectivity index (χ0v) is 6.57. The number of carbonyl (C=O) groups is 1. The lowest BCUT2D eigenvalue weighted by Gasteiger charge is -2.25. The van der Waals surface area contributed by atoms with E-state index in [0.717, 1.165) is 13.0 Å². The molecule has 1 heterocycles. The Morgan fingerprint density at radius 3 is 2.89 bits per heavy atom. The molecule has 1 unspecified atom stereocenters. The van der Waals surface area contributed by atoms with Crippen molar-refractivity contribution in [3.63, 3.8) is 0 Å². The summed E-state index contributed by atoms with van der Waals surface area (Å²) in [5.41, 5.74) is 0. The lowest BCUT2D eigenvalue weighted by atomic mass is 10.3. The van der Waals surface area contributed by atoms with E-state index in [-0.39, 0.29) is 5.24 Å². The van der Waals surface area contributed by atoms with Crippen molar-refractivity contribution < 1.29 is 4.79 Å². The van der Waals surface area contributed by atoms with Gasteiger partial charge in [0.2, 0.25) is 0 Å². The number of thioether (sulfide) groups is 1. The van der Waals surface area contributed by atoms with E-state index in [1.54, 1.807) is 4.90 Å². The third kappa shape index (κ3) is 1.61. The Morgan fingerprint density at radius 2 is 2.44 bits per heavy atom. The average molecular weight is 145 g/mol. The molecular formula is C6H11NOS. The van der Waals surface area contributed by atoms with E-state index >= 15 is 0 Å². The van der Waals surface area contributed by atoms with Gasteiger partial charge in [0.15, 0.2) is 0 Å². The van der Waals surface area contributed by atoms with E-state index in [1.807, 2.05) is 7.05 Å². The van der Waals surface area contributed by atoms with Crippen molar-refractivity contribution in [3.05, 3.63) is 0 Å². The molecule has 3 heteroatoms. The van der Waals surface area contributed by atoms with Gasteiger partial charge in [0.05, 0.1) is 0 Å². The predicted octanol–water partition coefficient (Wildman–Crippen LogP) is 1.56. The molecule has 52 valence electrons. The molecule has 1 atom stereocenters. The molecule has 2 nitrogen and oxygen atoms in total. The summed E-state index contributed by atoms with van der Waals surface area (Å²) < 4.78 is 0. The smallest absolute Gasteiger partial charge is 0.281 e. The van der Waals surface area contributed by atoms with Crippen molar-refractivity contribution in [1.29, 1.82) is 0 Å². The van der Waals surface area contributed by atoms with Crippen molar-refractivity contribution in [2.45, 2.75) is 18.6 Å². The van der Waals surface area contributed by atoms with Gasteiger partial charge in [-0.05, 0) is 6.42 Å². The van der Waals surface area contributed by atoms with Crippen molar-refractivity contribution in [2.24, 2.45) is 0 Å². The van der Waals surface area contributed by atoms with Crippen molar-refractivity contribution in [3.8, 4) is 0 Å². The Bertz CT molecular complexity index is 126. The Hall–Kier alpha value is -0.180. The molecule has 0 saturated carbocycles. The zero-order chi connectivity index (χ0) is 6.85. The van der Waals surface area contributed by atoms with Crippen LogP contribution in [0, 0.1) is 0 Å². The van der Waals surface area contributed by atoms with Crippen LogP contribution in [0.25, 0.3) is 0 Å². The van der Waals surface area contributed by atoms with E-state index in [0.29, 0.717) is 5.25 Å². The number of carbonyl (C=O) groups excluding carboxylic acids is 1. The molecule has 0 aromatic rings. The SMILES string of the molecule is CC1CCN(C)C(=O)S1. The number of hydrogen-bond donors (Lipinski definition) is 0. The molecule has 0 radical (unpaired) electrons.